The first kappa shape index (κ1) is 11.8. The van der Waals surface area contributed by atoms with Gasteiger partial charge in [-0.2, -0.15) is 5.26 Å². The number of carbonyl (C=O) groups is 1. The van der Waals surface area contributed by atoms with Gasteiger partial charge in [-0.3, -0.25) is 4.79 Å². The lowest BCUT2D eigenvalue weighted by atomic mass is 10.1. The number of alkyl halides is 2. The molecule has 1 N–H and O–H groups in total. The first-order valence-corrected chi connectivity index (χ1v) is 4.05. The van der Waals surface area contributed by atoms with Crippen LogP contribution in [0, 0.1) is 11.3 Å². The summed E-state index contributed by atoms with van der Waals surface area (Å²) < 4.78 is 29.0. The molecule has 7 heteroatoms. The molecule has 1 rings (SSSR count). The van der Waals surface area contributed by atoms with Crippen LogP contribution in [0.3, 0.4) is 0 Å². The van der Waals surface area contributed by atoms with E-state index in [2.05, 4.69) is 9.72 Å². The summed E-state index contributed by atoms with van der Waals surface area (Å²) in [6, 6.07) is 1.52. The van der Waals surface area contributed by atoms with Gasteiger partial charge >= 0.3 is 5.97 Å². The van der Waals surface area contributed by atoms with Gasteiger partial charge in [-0.1, -0.05) is 0 Å². The lowest BCUT2D eigenvalue weighted by molar-refractivity contribution is 0.0597. The fourth-order valence-electron chi connectivity index (χ4n) is 1.09. The number of aromatic nitrogens is 1. The average molecular weight is 228 g/mol. The van der Waals surface area contributed by atoms with Crippen molar-refractivity contribution < 1.29 is 18.3 Å². The molecule has 0 saturated carbocycles. The predicted molar refractivity (Wildman–Crippen MR) is 48.1 cm³/mol. The summed E-state index contributed by atoms with van der Waals surface area (Å²) in [5.74, 6) is -1.12. The summed E-state index contributed by atoms with van der Waals surface area (Å²) in [5.41, 5.74) is -3.18. The van der Waals surface area contributed by atoms with E-state index in [0.717, 1.165) is 7.11 Å². The summed E-state index contributed by atoms with van der Waals surface area (Å²) >= 11 is 0. The number of hydrogen-bond acceptors (Lipinski definition) is 4. The Kier molecular flexibility index (Phi) is 3.35. The molecule has 0 radical (unpaired) electrons. The van der Waals surface area contributed by atoms with E-state index in [9.17, 15) is 18.4 Å². The Labute approximate surface area is 88.3 Å². The Morgan fingerprint density at radius 2 is 2.25 bits per heavy atom. The SMILES string of the molecule is COC(=O)c1c(C#N)[nH]cc(C(F)F)c1=O. The number of methoxy groups -OCH3 is 1. The highest BCUT2D eigenvalue weighted by molar-refractivity contribution is 5.91. The number of aromatic amines is 1. The zero-order chi connectivity index (χ0) is 12.3. The molecule has 0 aromatic carbocycles. The summed E-state index contributed by atoms with van der Waals surface area (Å²) in [4.78, 5) is 24.7. The highest BCUT2D eigenvalue weighted by Gasteiger charge is 2.23. The third kappa shape index (κ3) is 1.91. The Balaban J connectivity index is 3.55. The van der Waals surface area contributed by atoms with Gasteiger partial charge in [0.1, 0.15) is 17.3 Å². The van der Waals surface area contributed by atoms with E-state index in [-0.39, 0.29) is 0 Å². The van der Waals surface area contributed by atoms with Crippen LogP contribution in [0.1, 0.15) is 28.0 Å². The molecule has 0 aliphatic rings. The Bertz CT molecular complexity index is 516. The van der Waals surface area contributed by atoms with Crippen LogP contribution in [0.2, 0.25) is 0 Å². The molecule has 16 heavy (non-hydrogen) atoms. The largest absolute Gasteiger partial charge is 0.465 e. The molecule has 0 bridgehead atoms. The number of esters is 1. The minimum Gasteiger partial charge on any atom is -0.465 e. The van der Waals surface area contributed by atoms with Crippen molar-refractivity contribution in [3.8, 4) is 6.07 Å². The molecule has 0 fully saturated rings. The Morgan fingerprint density at radius 1 is 1.62 bits per heavy atom. The van der Waals surface area contributed by atoms with Gasteiger partial charge in [-0.05, 0) is 0 Å². The van der Waals surface area contributed by atoms with E-state index >= 15 is 0 Å². The van der Waals surface area contributed by atoms with Gasteiger partial charge < -0.3 is 9.72 Å². The molecule has 1 heterocycles. The summed E-state index contributed by atoms with van der Waals surface area (Å²) in [7, 11) is 0.984. The third-order valence-electron chi connectivity index (χ3n) is 1.85. The number of nitrogens with one attached hydrogen (secondary N) is 1. The quantitative estimate of drug-likeness (QED) is 0.764. The van der Waals surface area contributed by atoms with Crippen LogP contribution in [-0.4, -0.2) is 18.1 Å². The van der Waals surface area contributed by atoms with Crippen LogP contribution in [0.5, 0.6) is 0 Å². The standard InChI is InChI=1S/C9H6F2N2O3/c1-16-9(15)6-5(2-12)13-3-4(7(6)14)8(10)11/h3,8H,1H3,(H,13,14). The first-order valence-electron chi connectivity index (χ1n) is 4.05. The van der Waals surface area contributed by atoms with Gasteiger partial charge in [0.25, 0.3) is 6.43 Å². The van der Waals surface area contributed by atoms with E-state index in [1.54, 1.807) is 0 Å². The first-order chi connectivity index (χ1) is 7.52. The van der Waals surface area contributed by atoms with Gasteiger partial charge in [0.05, 0.1) is 12.7 Å². The number of nitriles is 1. The fourth-order valence-corrected chi connectivity index (χ4v) is 1.09. The Morgan fingerprint density at radius 3 is 2.69 bits per heavy atom. The fraction of sp³-hybridized carbons (Fsp3) is 0.222. The molecule has 0 saturated heterocycles. The number of nitrogens with zero attached hydrogens (tertiary/aromatic N) is 1. The lowest BCUT2D eigenvalue weighted by Crippen LogP contribution is -2.23. The van der Waals surface area contributed by atoms with Crippen LogP contribution >= 0.6 is 0 Å². The minimum absolute atomic E-state index is 0.402. The predicted octanol–water partition coefficient (Wildman–Crippen LogP) is 0.971. The van der Waals surface area contributed by atoms with E-state index in [0.29, 0.717) is 6.20 Å². The summed E-state index contributed by atoms with van der Waals surface area (Å²) in [5, 5.41) is 8.60. The molecule has 1 aromatic heterocycles. The molecule has 0 aliphatic carbocycles. The number of hydrogen-bond donors (Lipinski definition) is 1. The molecule has 0 aliphatic heterocycles. The van der Waals surface area contributed by atoms with E-state index in [4.69, 9.17) is 5.26 Å². The van der Waals surface area contributed by atoms with Crippen molar-refractivity contribution in [2.24, 2.45) is 0 Å². The molecule has 0 spiro atoms. The van der Waals surface area contributed by atoms with Crippen LogP contribution in [0.15, 0.2) is 11.0 Å². The van der Waals surface area contributed by atoms with Crippen molar-refractivity contribution in [1.29, 1.82) is 5.26 Å². The van der Waals surface area contributed by atoms with Gasteiger partial charge in [-0.25, -0.2) is 13.6 Å². The second-order valence-electron chi connectivity index (χ2n) is 2.73. The van der Waals surface area contributed by atoms with Crippen molar-refractivity contribution in [2.45, 2.75) is 6.43 Å². The molecule has 5 nitrogen and oxygen atoms in total. The normalized spacial score (nSPS) is 9.94. The molecule has 0 amide bonds. The second kappa shape index (κ2) is 4.53. The van der Waals surface area contributed by atoms with Crippen LogP contribution in [0.25, 0.3) is 0 Å². The zero-order valence-corrected chi connectivity index (χ0v) is 8.08. The number of ether oxygens (including phenoxy) is 1. The summed E-state index contributed by atoms with van der Waals surface area (Å²) in [6.07, 6.45) is -2.32. The molecule has 0 unspecified atom stereocenters. The number of H-pyrrole nitrogens is 1. The van der Waals surface area contributed by atoms with Crippen molar-refractivity contribution in [3.63, 3.8) is 0 Å². The Hall–Kier alpha value is -2.23. The monoisotopic (exact) mass is 228 g/mol. The summed E-state index contributed by atoms with van der Waals surface area (Å²) in [6.45, 7) is 0. The lowest BCUT2D eigenvalue weighted by Gasteiger charge is -2.04. The molecular weight excluding hydrogens is 222 g/mol. The third-order valence-corrected chi connectivity index (χ3v) is 1.85. The van der Waals surface area contributed by atoms with Gasteiger partial charge in [0, 0.05) is 6.20 Å². The van der Waals surface area contributed by atoms with Gasteiger partial charge in [0.2, 0.25) is 5.43 Å². The highest BCUT2D eigenvalue weighted by Crippen LogP contribution is 2.15. The highest BCUT2D eigenvalue weighted by atomic mass is 19.3. The smallest absolute Gasteiger partial charge is 0.344 e. The zero-order valence-electron chi connectivity index (χ0n) is 8.08. The molecule has 1 aromatic rings. The van der Waals surface area contributed by atoms with Gasteiger partial charge in [0.15, 0.2) is 0 Å². The van der Waals surface area contributed by atoms with Gasteiger partial charge in [-0.15, -0.1) is 0 Å². The minimum atomic E-state index is -3.03. The van der Waals surface area contributed by atoms with Crippen molar-refractivity contribution >= 4 is 5.97 Å². The van der Waals surface area contributed by atoms with E-state index in [1.807, 2.05) is 0 Å². The number of carbonyl (C=O) groups excluding carboxylic acids is 1. The van der Waals surface area contributed by atoms with Crippen molar-refractivity contribution in [2.75, 3.05) is 7.11 Å². The van der Waals surface area contributed by atoms with E-state index < -0.39 is 34.6 Å². The molecule has 0 atom stereocenters. The van der Waals surface area contributed by atoms with Crippen molar-refractivity contribution in [1.82, 2.24) is 4.98 Å². The number of pyridine rings is 1. The molecular formula is C9H6F2N2O3. The number of rotatable bonds is 2. The van der Waals surface area contributed by atoms with Crippen LogP contribution in [-0.2, 0) is 4.74 Å². The van der Waals surface area contributed by atoms with Crippen molar-refractivity contribution in [3.05, 3.63) is 33.2 Å². The maximum absolute atomic E-state index is 12.4. The average Bonchev–Trinajstić information content (AvgIpc) is 2.26. The number of halogens is 2. The second-order valence-corrected chi connectivity index (χ2v) is 2.73. The van der Waals surface area contributed by atoms with E-state index in [1.165, 1.54) is 6.07 Å². The topological polar surface area (TPSA) is 82.9 Å². The van der Waals surface area contributed by atoms with Crippen LogP contribution in [0.4, 0.5) is 8.78 Å². The van der Waals surface area contributed by atoms with Crippen LogP contribution < -0.4 is 5.43 Å². The maximum atomic E-state index is 12.4. The maximum Gasteiger partial charge on any atom is 0.344 e. The molecule has 84 valence electrons.